The molecule has 1 atom stereocenters. The standard InChI is InChI=1S/C25H29FN2O3/c26-23-11-5-4-7-19(23)18-28(21-12-13-21)25(30)20-8-6-15-27(17-20)24(29)14-16-31-22-9-2-1-3-10-22/h1-5,7,9-11,20-21H,6,8,12-18H2. The second-order valence-corrected chi connectivity index (χ2v) is 8.38. The van der Waals surface area contributed by atoms with E-state index in [1.165, 1.54) is 6.07 Å². The Labute approximate surface area is 182 Å². The van der Waals surface area contributed by atoms with Crippen molar-refractivity contribution in [1.82, 2.24) is 9.80 Å². The van der Waals surface area contributed by atoms with Crippen molar-refractivity contribution in [1.29, 1.82) is 0 Å². The smallest absolute Gasteiger partial charge is 0.228 e. The van der Waals surface area contributed by atoms with Crippen LogP contribution >= 0.6 is 0 Å². The maximum atomic E-state index is 14.1. The molecule has 6 heteroatoms. The average Bonchev–Trinajstić information content (AvgIpc) is 3.64. The Bertz CT molecular complexity index is 901. The number of piperidine rings is 1. The number of ether oxygens (including phenoxy) is 1. The highest BCUT2D eigenvalue weighted by Gasteiger charge is 2.38. The van der Waals surface area contributed by atoms with Crippen LogP contribution in [0.5, 0.6) is 5.75 Å². The maximum Gasteiger partial charge on any atom is 0.228 e. The Morgan fingerprint density at radius 3 is 2.52 bits per heavy atom. The number of nitrogens with zero attached hydrogens (tertiary/aromatic N) is 2. The van der Waals surface area contributed by atoms with Gasteiger partial charge in [-0.15, -0.1) is 0 Å². The van der Waals surface area contributed by atoms with Crippen LogP contribution in [0, 0.1) is 11.7 Å². The number of halogens is 1. The van der Waals surface area contributed by atoms with E-state index in [1.807, 2.05) is 35.2 Å². The molecule has 31 heavy (non-hydrogen) atoms. The van der Waals surface area contributed by atoms with Gasteiger partial charge in [-0.25, -0.2) is 4.39 Å². The SMILES string of the molecule is O=C(CCOc1ccccc1)N1CCCC(C(=O)N(Cc2ccccc2F)C2CC2)C1. The first-order chi connectivity index (χ1) is 15.1. The summed E-state index contributed by atoms with van der Waals surface area (Å²) < 4.78 is 19.8. The fourth-order valence-electron chi connectivity index (χ4n) is 4.15. The number of rotatable bonds is 8. The van der Waals surface area contributed by atoms with Crippen molar-refractivity contribution in [2.45, 2.75) is 44.7 Å². The van der Waals surface area contributed by atoms with Gasteiger partial charge in [0, 0.05) is 31.2 Å². The largest absolute Gasteiger partial charge is 0.493 e. The van der Waals surface area contributed by atoms with Crippen molar-refractivity contribution in [2.24, 2.45) is 5.92 Å². The summed E-state index contributed by atoms with van der Waals surface area (Å²) in [6.07, 6.45) is 3.79. The molecule has 2 aromatic carbocycles. The highest BCUT2D eigenvalue weighted by atomic mass is 19.1. The summed E-state index contributed by atoms with van der Waals surface area (Å²) >= 11 is 0. The van der Waals surface area contributed by atoms with Gasteiger partial charge < -0.3 is 14.5 Å². The molecule has 1 unspecified atom stereocenters. The average molecular weight is 425 g/mol. The van der Waals surface area contributed by atoms with Crippen LogP contribution in [0.4, 0.5) is 4.39 Å². The molecule has 1 aliphatic carbocycles. The van der Waals surface area contributed by atoms with E-state index in [1.54, 1.807) is 23.1 Å². The highest BCUT2D eigenvalue weighted by Crippen LogP contribution is 2.32. The Morgan fingerprint density at radius 1 is 1.03 bits per heavy atom. The Balaban J connectivity index is 1.32. The van der Waals surface area contributed by atoms with Crippen LogP contribution < -0.4 is 4.74 Å². The van der Waals surface area contributed by atoms with Crippen LogP contribution in [0.15, 0.2) is 54.6 Å². The second kappa shape index (κ2) is 9.94. The number of para-hydroxylation sites is 1. The summed E-state index contributed by atoms with van der Waals surface area (Å²) in [5, 5.41) is 0. The van der Waals surface area contributed by atoms with Gasteiger partial charge in [0.1, 0.15) is 11.6 Å². The molecule has 0 spiro atoms. The number of carbonyl (C=O) groups is 2. The molecule has 1 heterocycles. The summed E-state index contributed by atoms with van der Waals surface area (Å²) in [4.78, 5) is 29.6. The number of likely N-dealkylation sites (tertiary alicyclic amines) is 1. The van der Waals surface area contributed by atoms with Gasteiger partial charge in [0.05, 0.1) is 18.9 Å². The molecule has 1 saturated carbocycles. The van der Waals surface area contributed by atoms with E-state index in [4.69, 9.17) is 4.74 Å². The summed E-state index contributed by atoms with van der Waals surface area (Å²) in [6.45, 7) is 1.72. The molecule has 4 rings (SSSR count). The Hall–Kier alpha value is -2.89. The molecule has 0 N–H and O–H groups in total. The lowest BCUT2D eigenvalue weighted by molar-refractivity contribution is -0.142. The molecule has 2 fully saturated rings. The van der Waals surface area contributed by atoms with Crippen molar-refractivity contribution in [3.05, 3.63) is 66.0 Å². The fourth-order valence-corrected chi connectivity index (χ4v) is 4.15. The normalized spacial score (nSPS) is 18.5. The van der Waals surface area contributed by atoms with E-state index < -0.39 is 0 Å². The fraction of sp³-hybridized carbons (Fsp3) is 0.440. The summed E-state index contributed by atoms with van der Waals surface area (Å²) in [5.74, 6) is 0.305. The van der Waals surface area contributed by atoms with E-state index in [0.717, 1.165) is 31.4 Å². The van der Waals surface area contributed by atoms with Gasteiger partial charge >= 0.3 is 0 Å². The lowest BCUT2D eigenvalue weighted by atomic mass is 9.95. The van der Waals surface area contributed by atoms with Gasteiger partial charge in [0.2, 0.25) is 11.8 Å². The monoisotopic (exact) mass is 424 g/mol. The van der Waals surface area contributed by atoms with Gasteiger partial charge in [0.15, 0.2) is 0 Å². The molecule has 1 saturated heterocycles. The second-order valence-electron chi connectivity index (χ2n) is 8.38. The molecular formula is C25H29FN2O3. The first-order valence-electron chi connectivity index (χ1n) is 11.1. The van der Waals surface area contributed by atoms with Gasteiger partial charge in [-0.2, -0.15) is 0 Å². The predicted octanol–water partition coefficient (Wildman–Crippen LogP) is 4.02. The third kappa shape index (κ3) is 5.63. The van der Waals surface area contributed by atoms with Crippen molar-refractivity contribution >= 4 is 11.8 Å². The lowest BCUT2D eigenvalue weighted by Gasteiger charge is -2.35. The zero-order valence-electron chi connectivity index (χ0n) is 17.7. The van der Waals surface area contributed by atoms with Gasteiger partial charge in [-0.3, -0.25) is 9.59 Å². The lowest BCUT2D eigenvalue weighted by Crippen LogP contribution is -2.47. The minimum Gasteiger partial charge on any atom is -0.493 e. The molecule has 2 aromatic rings. The molecule has 2 aliphatic rings. The molecular weight excluding hydrogens is 395 g/mol. The third-order valence-corrected chi connectivity index (χ3v) is 6.02. The molecule has 2 amide bonds. The van der Waals surface area contributed by atoms with Gasteiger partial charge in [-0.1, -0.05) is 36.4 Å². The van der Waals surface area contributed by atoms with E-state index in [0.29, 0.717) is 31.8 Å². The van der Waals surface area contributed by atoms with E-state index in [2.05, 4.69) is 0 Å². The maximum absolute atomic E-state index is 14.1. The van der Waals surface area contributed by atoms with Gasteiger partial charge in [-0.05, 0) is 43.9 Å². The van der Waals surface area contributed by atoms with Crippen molar-refractivity contribution in [3.63, 3.8) is 0 Å². The van der Waals surface area contributed by atoms with Crippen LogP contribution in [-0.2, 0) is 16.1 Å². The molecule has 0 bridgehead atoms. The molecule has 5 nitrogen and oxygen atoms in total. The quantitative estimate of drug-likeness (QED) is 0.643. The predicted molar refractivity (Wildman–Crippen MR) is 116 cm³/mol. The summed E-state index contributed by atoms with van der Waals surface area (Å²) in [6, 6.07) is 16.3. The summed E-state index contributed by atoms with van der Waals surface area (Å²) in [5.41, 5.74) is 0.546. The zero-order valence-corrected chi connectivity index (χ0v) is 17.7. The van der Waals surface area contributed by atoms with Crippen LogP contribution in [0.25, 0.3) is 0 Å². The van der Waals surface area contributed by atoms with Gasteiger partial charge in [0.25, 0.3) is 0 Å². The first kappa shape index (κ1) is 21.3. The first-order valence-corrected chi connectivity index (χ1v) is 11.1. The van der Waals surface area contributed by atoms with Crippen LogP contribution in [0.3, 0.4) is 0 Å². The Kier molecular flexibility index (Phi) is 6.85. The molecule has 164 valence electrons. The highest BCUT2D eigenvalue weighted by molar-refractivity contribution is 5.82. The molecule has 0 radical (unpaired) electrons. The van der Waals surface area contributed by atoms with Crippen molar-refractivity contribution < 1.29 is 18.7 Å². The van der Waals surface area contributed by atoms with Crippen molar-refractivity contribution in [3.8, 4) is 5.75 Å². The topological polar surface area (TPSA) is 49.9 Å². The molecule has 1 aliphatic heterocycles. The third-order valence-electron chi connectivity index (χ3n) is 6.02. The van der Waals surface area contributed by atoms with Crippen molar-refractivity contribution in [2.75, 3.05) is 19.7 Å². The van der Waals surface area contributed by atoms with Crippen LogP contribution in [-0.4, -0.2) is 47.4 Å². The zero-order chi connectivity index (χ0) is 21.6. The van der Waals surface area contributed by atoms with Crippen LogP contribution in [0.2, 0.25) is 0 Å². The minimum absolute atomic E-state index is 0.0144. The summed E-state index contributed by atoms with van der Waals surface area (Å²) in [7, 11) is 0. The van der Waals surface area contributed by atoms with E-state index in [9.17, 15) is 14.0 Å². The number of hydrogen-bond donors (Lipinski definition) is 0. The van der Waals surface area contributed by atoms with E-state index >= 15 is 0 Å². The van der Waals surface area contributed by atoms with Crippen LogP contribution in [0.1, 0.15) is 37.7 Å². The number of carbonyl (C=O) groups excluding carboxylic acids is 2. The Morgan fingerprint density at radius 2 is 1.77 bits per heavy atom. The number of hydrogen-bond acceptors (Lipinski definition) is 3. The number of benzene rings is 2. The minimum atomic E-state index is -0.278. The van der Waals surface area contributed by atoms with E-state index in [-0.39, 0.29) is 36.0 Å². The number of amides is 2. The molecule has 0 aromatic heterocycles.